The number of rotatable bonds is 9. The molecule has 0 bridgehead atoms. The number of nitrogens with zero attached hydrogens (tertiary/aromatic N) is 3. The van der Waals surface area contributed by atoms with Crippen LogP contribution in [0.1, 0.15) is 31.5 Å². The Morgan fingerprint density at radius 3 is 2.81 bits per heavy atom. The predicted molar refractivity (Wildman–Crippen MR) is 109 cm³/mol. The normalized spacial score (nSPS) is 12.1. The largest absolute Gasteiger partial charge is 0.493 e. The van der Waals surface area contributed by atoms with Gasteiger partial charge in [-0.3, -0.25) is 4.99 Å². The summed E-state index contributed by atoms with van der Waals surface area (Å²) >= 11 is 1.56. The highest BCUT2D eigenvalue weighted by Crippen LogP contribution is 2.28. The van der Waals surface area contributed by atoms with E-state index in [-0.39, 0.29) is 0 Å². The Bertz CT molecular complexity index is 819. The molecular formula is C20H27N3O2S. The van der Waals surface area contributed by atoms with Gasteiger partial charge in [-0.25, -0.2) is 4.68 Å². The van der Waals surface area contributed by atoms with Crippen LogP contribution in [0.4, 0.5) is 0 Å². The van der Waals surface area contributed by atoms with Crippen molar-refractivity contribution in [1.82, 2.24) is 4.68 Å². The van der Waals surface area contributed by atoms with Crippen LogP contribution in [0.3, 0.4) is 0 Å². The Kier molecular flexibility index (Phi) is 7.66. The molecule has 140 valence electrons. The Morgan fingerprint density at radius 1 is 1.31 bits per heavy atom. The first kappa shape index (κ1) is 20.0. The molecule has 0 aliphatic carbocycles. The lowest BCUT2D eigenvalue weighted by Crippen LogP contribution is -2.12. The van der Waals surface area contributed by atoms with Crippen LogP contribution in [-0.2, 0) is 0 Å². The average molecular weight is 374 g/mol. The minimum absolute atomic E-state index is 0.575. The third kappa shape index (κ3) is 5.59. The second-order valence-electron chi connectivity index (χ2n) is 6.29. The second kappa shape index (κ2) is 9.97. The number of hydrogen-bond donors (Lipinski definition) is 0. The maximum Gasteiger partial charge on any atom is 0.206 e. The minimum Gasteiger partial charge on any atom is -0.493 e. The number of methoxy groups -OCH3 is 1. The van der Waals surface area contributed by atoms with Gasteiger partial charge in [0.25, 0.3) is 0 Å². The van der Waals surface area contributed by atoms with Crippen LogP contribution in [0.15, 0.2) is 46.3 Å². The van der Waals surface area contributed by atoms with Crippen LogP contribution in [0, 0.1) is 12.8 Å². The molecule has 0 spiro atoms. The highest BCUT2D eigenvalue weighted by molar-refractivity contribution is 7.07. The topological polar surface area (TPSA) is 48.1 Å². The Labute approximate surface area is 159 Å². The lowest BCUT2D eigenvalue weighted by Gasteiger charge is -2.12. The maximum atomic E-state index is 5.83. The van der Waals surface area contributed by atoms with Gasteiger partial charge in [0.1, 0.15) is 0 Å². The molecule has 26 heavy (non-hydrogen) atoms. The molecule has 0 amide bonds. The van der Waals surface area contributed by atoms with Gasteiger partial charge in [0.2, 0.25) is 4.80 Å². The van der Waals surface area contributed by atoms with Crippen molar-refractivity contribution in [3.63, 3.8) is 0 Å². The average Bonchev–Trinajstić information content (AvgIpc) is 2.98. The number of benzene rings is 1. The third-order valence-corrected chi connectivity index (χ3v) is 4.64. The van der Waals surface area contributed by atoms with Crippen LogP contribution in [0.2, 0.25) is 0 Å². The van der Waals surface area contributed by atoms with Gasteiger partial charge in [0.15, 0.2) is 11.5 Å². The number of aryl methyl sites for hydroxylation is 1. The Balaban J connectivity index is 2.19. The molecule has 0 saturated carbocycles. The number of ether oxygens (including phenoxy) is 2. The van der Waals surface area contributed by atoms with E-state index < -0.39 is 0 Å². The second-order valence-corrected chi connectivity index (χ2v) is 7.12. The fraction of sp³-hybridized carbons (Fsp3) is 0.400. The van der Waals surface area contributed by atoms with E-state index in [1.54, 1.807) is 30.7 Å². The summed E-state index contributed by atoms with van der Waals surface area (Å²) in [7, 11) is 1.65. The van der Waals surface area contributed by atoms with E-state index in [0.29, 0.717) is 24.8 Å². The van der Waals surface area contributed by atoms with Gasteiger partial charge in [0, 0.05) is 5.38 Å². The molecule has 6 heteroatoms. The molecule has 2 rings (SSSR count). The molecule has 0 atom stereocenters. The molecule has 0 N–H and O–H groups in total. The zero-order valence-electron chi connectivity index (χ0n) is 15.9. The molecule has 0 aliphatic rings. The standard InChI is InChI=1S/C20H27N3O2S/c1-6-10-21-20-23(16(4)14-26-20)22-13-17-7-8-18(19(12-17)24-5)25-11-9-15(2)3/h6-8,12-15H,1,9-11H2,2-5H3. The predicted octanol–water partition coefficient (Wildman–Crippen LogP) is 4.26. The summed E-state index contributed by atoms with van der Waals surface area (Å²) in [6, 6.07) is 5.82. The monoisotopic (exact) mass is 373 g/mol. The summed E-state index contributed by atoms with van der Waals surface area (Å²) in [6.07, 6.45) is 4.58. The minimum atomic E-state index is 0.575. The first-order chi connectivity index (χ1) is 12.5. The molecule has 0 aliphatic heterocycles. The molecule has 0 radical (unpaired) electrons. The first-order valence-electron chi connectivity index (χ1n) is 8.69. The zero-order valence-corrected chi connectivity index (χ0v) is 16.8. The van der Waals surface area contributed by atoms with Gasteiger partial charge in [-0.15, -0.1) is 17.9 Å². The van der Waals surface area contributed by atoms with E-state index in [1.165, 1.54) is 0 Å². The summed E-state index contributed by atoms with van der Waals surface area (Å²) < 4.78 is 13.1. The van der Waals surface area contributed by atoms with Crippen LogP contribution >= 0.6 is 11.3 Å². The van der Waals surface area contributed by atoms with Crippen molar-refractivity contribution in [2.45, 2.75) is 27.2 Å². The van der Waals surface area contributed by atoms with E-state index in [1.807, 2.05) is 35.2 Å². The lowest BCUT2D eigenvalue weighted by molar-refractivity contribution is 0.273. The Hall–Kier alpha value is -2.34. The highest BCUT2D eigenvalue weighted by Gasteiger charge is 2.06. The van der Waals surface area contributed by atoms with Crippen LogP contribution in [0.25, 0.3) is 0 Å². The number of thiazole rings is 1. The molecular weight excluding hydrogens is 346 g/mol. The number of aromatic nitrogens is 1. The quantitative estimate of drug-likeness (QED) is 0.487. The van der Waals surface area contributed by atoms with Crippen molar-refractivity contribution in [3.05, 3.63) is 52.3 Å². The molecule has 5 nitrogen and oxygen atoms in total. The van der Waals surface area contributed by atoms with Gasteiger partial charge in [-0.05, 0) is 43.0 Å². The van der Waals surface area contributed by atoms with Crippen molar-refractivity contribution >= 4 is 17.6 Å². The summed E-state index contributed by atoms with van der Waals surface area (Å²) in [5.74, 6) is 2.08. The zero-order chi connectivity index (χ0) is 18.9. The van der Waals surface area contributed by atoms with Crippen LogP contribution < -0.4 is 14.3 Å². The smallest absolute Gasteiger partial charge is 0.206 e. The van der Waals surface area contributed by atoms with Gasteiger partial charge >= 0.3 is 0 Å². The molecule has 0 saturated heterocycles. The molecule has 1 heterocycles. The SMILES string of the molecule is C=CCN=c1scc(C)n1N=Cc1ccc(OCCC(C)C)c(OC)c1. The van der Waals surface area contributed by atoms with Crippen molar-refractivity contribution in [1.29, 1.82) is 0 Å². The third-order valence-electron chi connectivity index (χ3n) is 3.67. The summed E-state index contributed by atoms with van der Waals surface area (Å²) in [5.41, 5.74) is 1.97. The lowest BCUT2D eigenvalue weighted by atomic mass is 10.1. The van der Waals surface area contributed by atoms with E-state index in [2.05, 4.69) is 30.5 Å². The van der Waals surface area contributed by atoms with Crippen molar-refractivity contribution in [2.24, 2.45) is 16.0 Å². The summed E-state index contributed by atoms with van der Waals surface area (Å²) in [6.45, 7) is 11.3. The van der Waals surface area contributed by atoms with Crippen LogP contribution in [-0.4, -0.2) is 31.2 Å². The molecule has 1 aromatic carbocycles. The Morgan fingerprint density at radius 2 is 2.12 bits per heavy atom. The molecule has 1 aromatic heterocycles. The first-order valence-corrected chi connectivity index (χ1v) is 9.56. The molecule has 0 unspecified atom stereocenters. The van der Waals surface area contributed by atoms with Crippen LogP contribution in [0.5, 0.6) is 11.5 Å². The van der Waals surface area contributed by atoms with E-state index in [9.17, 15) is 0 Å². The van der Waals surface area contributed by atoms with E-state index in [0.717, 1.165) is 28.2 Å². The fourth-order valence-electron chi connectivity index (χ4n) is 2.19. The van der Waals surface area contributed by atoms with Gasteiger partial charge in [-0.1, -0.05) is 19.9 Å². The fourth-order valence-corrected chi connectivity index (χ4v) is 3.00. The van der Waals surface area contributed by atoms with Crippen molar-refractivity contribution in [2.75, 3.05) is 20.3 Å². The maximum absolute atomic E-state index is 5.83. The summed E-state index contributed by atoms with van der Waals surface area (Å²) in [5, 5.41) is 6.59. The summed E-state index contributed by atoms with van der Waals surface area (Å²) in [4.78, 5) is 5.31. The van der Waals surface area contributed by atoms with Gasteiger partial charge in [0.05, 0.1) is 32.2 Å². The van der Waals surface area contributed by atoms with E-state index in [4.69, 9.17) is 9.47 Å². The number of hydrogen-bond acceptors (Lipinski definition) is 5. The van der Waals surface area contributed by atoms with Gasteiger partial charge in [-0.2, -0.15) is 5.10 Å². The molecule has 2 aromatic rings. The molecule has 0 fully saturated rings. The highest BCUT2D eigenvalue weighted by atomic mass is 32.1. The van der Waals surface area contributed by atoms with E-state index >= 15 is 0 Å². The van der Waals surface area contributed by atoms with Crippen molar-refractivity contribution < 1.29 is 9.47 Å². The van der Waals surface area contributed by atoms with Gasteiger partial charge < -0.3 is 9.47 Å². The van der Waals surface area contributed by atoms with Crippen molar-refractivity contribution in [3.8, 4) is 11.5 Å².